The number of aromatic nitrogens is 1. The maximum absolute atomic E-state index is 6.50. The summed E-state index contributed by atoms with van der Waals surface area (Å²) >= 11 is 1.80. The van der Waals surface area contributed by atoms with E-state index in [1.807, 2.05) is 6.07 Å². The first-order chi connectivity index (χ1) is 9.17. The molecular weight excluding hydrogens is 252 g/mol. The molecule has 2 aromatic rings. The van der Waals surface area contributed by atoms with Crippen molar-refractivity contribution in [3.05, 3.63) is 29.3 Å². The summed E-state index contributed by atoms with van der Waals surface area (Å²) < 4.78 is 1.28. The monoisotopic (exact) mass is 274 g/mol. The Morgan fingerprint density at radius 2 is 2.00 bits per heavy atom. The smallest absolute Gasteiger partial charge is 0.0954 e. The van der Waals surface area contributed by atoms with E-state index in [-0.39, 0.29) is 6.04 Å². The summed E-state index contributed by atoms with van der Waals surface area (Å²) in [5.41, 5.74) is 7.93. The van der Waals surface area contributed by atoms with Gasteiger partial charge in [0, 0.05) is 12.5 Å². The molecular formula is C16H22N2S. The third-order valence-corrected chi connectivity index (χ3v) is 5.68. The highest BCUT2D eigenvalue weighted by molar-refractivity contribution is 7.18. The van der Waals surface area contributed by atoms with Crippen LogP contribution in [0, 0.1) is 5.41 Å². The van der Waals surface area contributed by atoms with Crippen molar-refractivity contribution >= 4 is 21.6 Å². The van der Waals surface area contributed by atoms with Crippen LogP contribution in [-0.4, -0.2) is 11.0 Å². The second kappa shape index (κ2) is 5.22. The molecule has 0 amide bonds. The molecule has 1 aromatic heterocycles. The Morgan fingerprint density at radius 3 is 2.74 bits per heavy atom. The van der Waals surface area contributed by atoms with E-state index >= 15 is 0 Å². The molecule has 1 fully saturated rings. The van der Waals surface area contributed by atoms with Gasteiger partial charge in [0.15, 0.2) is 0 Å². The summed E-state index contributed by atoms with van der Waals surface area (Å²) in [7, 11) is 0. The summed E-state index contributed by atoms with van der Waals surface area (Å²) in [6.45, 7) is 2.37. The minimum Gasteiger partial charge on any atom is -0.327 e. The quantitative estimate of drug-likeness (QED) is 0.913. The Kier molecular flexibility index (Phi) is 3.59. The van der Waals surface area contributed by atoms with Crippen LogP contribution in [0.1, 0.15) is 44.0 Å². The fraction of sp³-hybridized carbons (Fsp3) is 0.562. The first-order valence-corrected chi connectivity index (χ1v) is 8.09. The Hall–Kier alpha value is -0.930. The lowest BCUT2D eigenvalue weighted by molar-refractivity contribution is 0.168. The van der Waals surface area contributed by atoms with E-state index in [2.05, 4.69) is 25.1 Å². The van der Waals surface area contributed by atoms with Gasteiger partial charge in [0.2, 0.25) is 0 Å². The molecule has 1 aliphatic carbocycles. The average Bonchev–Trinajstić information content (AvgIpc) is 2.81. The van der Waals surface area contributed by atoms with Gasteiger partial charge < -0.3 is 5.73 Å². The topological polar surface area (TPSA) is 38.9 Å². The van der Waals surface area contributed by atoms with E-state index in [0.717, 1.165) is 11.9 Å². The van der Waals surface area contributed by atoms with Crippen molar-refractivity contribution in [1.29, 1.82) is 0 Å². The Bertz CT molecular complexity index is 522. The van der Waals surface area contributed by atoms with Crippen LogP contribution in [0.4, 0.5) is 0 Å². The fourth-order valence-electron chi connectivity index (χ4n) is 3.17. The molecule has 0 bridgehead atoms. The molecule has 19 heavy (non-hydrogen) atoms. The summed E-state index contributed by atoms with van der Waals surface area (Å²) in [6, 6.07) is 8.60. The standard InChI is InChI=1S/C16H22N2S/c1-16(9-5-2-6-10-16)14(17)11-15-18-12-7-3-4-8-13(12)19-15/h3-4,7-8,14H,2,5-6,9-11,17H2,1H3. The summed E-state index contributed by atoms with van der Waals surface area (Å²) in [6.07, 6.45) is 7.53. The normalized spacial score (nSPS) is 20.5. The third kappa shape index (κ3) is 2.67. The van der Waals surface area contributed by atoms with Crippen molar-refractivity contribution in [2.45, 2.75) is 51.5 Å². The van der Waals surface area contributed by atoms with Gasteiger partial charge in [0.25, 0.3) is 0 Å². The number of nitrogens with zero attached hydrogens (tertiary/aromatic N) is 1. The van der Waals surface area contributed by atoms with Crippen LogP contribution in [0.25, 0.3) is 10.2 Å². The summed E-state index contributed by atoms with van der Waals surface area (Å²) in [5.74, 6) is 0. The first kappa shape index (κ1) is 13.1. The lowest BCUT2D eigenvalue weighted by atomic mass is 9.70. The molecule has 2 nitrogen and oxygen atoms in total. The number of para-hydroxylation sites is 1. The number of hydrogen-bond acceptors (Lipinski definition) is 3. The predicted octanol–water partition coefficient (Wildman–Crippen LogP) is 4.14. The van der Waals surface area contributed by atoms with Gasteiger partial charge in [-0.2, -0.15) is 0 Å². The van der Waals surface area contributed by atoms with E-state index in [1.165, 1.54) is 41.8 Å². The van der Waals surface area contributed by atoms with Crippen molar-refractivity contribution < 1.29 is 0 Å². The van der Waals surface area contributed by atoms with Crippen LogP contribution >= 0.6 is 11.3 Å². The first-order valence-electron chi connectivity index (χ1n) is 7.27. The molecule has 0 radical (unpaired) electrons. The maximum Gasteiger partial charge on any atom is 0.0954 e. The second-order valence-electron chi connectivity index (χ2n) is 6.10. The van der Waals surface area contributed by atoms with E-state index < -0.39 is 0 Å². The molecule has 1 aliphatic rings. The van der Waals surface area contributed by atoms with Crippen molar-refractivity contribution in [1.82, 2.24) is 4.98 Å². The molecule has 2 N–H and O–H groups in total. The SMILES string of the molecule is CC1(C(N)Cc2nc3ccccc3s2)CCCCC1. The largest absolute Gasteiger partial charge is 0.327 e. The van der Waals surface area contributed by atoms with E-state index in [1.54, 1.807) is 11.3 Å². The number of benzene rings is 1. The molecule has 1 saturated carbocycles. The van der Waals surface area contributed by atoms with E-state index in [9.17, 15) is 0 Å². The van der Waals surface area contributed by atoms with Crippen LogP contribution in [0.3, 0.4) is 0 Å². The van der Waals surface area contributed by atoms with Crippen molar-refractivity contribution in [2.24, 2.45) is 11.1 Å². The molecule has 1 atom stereocenters. The van der Waals surface area contributed by atoms with Crippen LogP contribution in [-0.2, 0) is 6.42 Å². The molecule has 102 valence electrons. The van der Waals surface area contributed by atoms with Gasteiger partial charge >= 0.3 is 0 Å². The van der Waals surface area contributed by atoms with Crippen LogP contribution < -0.4 is 5.73 Å². The zero-order chi connectivity index (χ0) is 13.3. The zero-order valence-electron chi connectivity index (χ0n) is 11.6. The summed E-state index contributed by atoms with van der Waals surface area (Å²) in [4.78, 5) is 4.72. The van der Waals surface area contributed by atoms with Gasteiger partial charge in [-0.1, -0.05) is 38.3 Å². The highest BCUT2D eigenvalue weighted by Crippen LogP contribution is 2.39. The van der Waals surface area contributed by atoms with Gasteiger partial charge in [0.1, 0.15) is 0 Å². The molecule has 0 aliphatic heterocycles. The van der Waals surface area contributed by atoms with Gasteiger partial charge in [-0.3, -0.25) is 0 Å². The predicted molar refractivity (Wildman–Crippen MR) is 82.5 cm³/mol. The van der Waals surface area contributed by atoms with Gasteiger partial charge in [-0.25, -0.2) is 4.98 Å². The van der Waals surface area contributed by atoms with Gasteiger partial charge in [0.05, 0.1) is 15.2 Å². The Balaban J connectivity index is 1.76. The maximum atomic E-state index is 6.50. The minimum absolute atomic E-state index is 0.244. The number of rotatable bonds is 3. The average molecular weight is 274 g/mol. The van der Waals surface area contributed by atoms with Crippen LogP contribution in [0.2, 0.25) is 0 Å². The molecule has 0 saturated heterocycles. The Morgan fingerprint density at radius 1 is 1.26 bits per heavy atom. The molecule has 3 rings (SSSR count). The van der Waals surface area contributed by atoms with Crippen molar-refractivity contribution in [2.75, 3.05) is 0 Å². The van der Waals surface area contributed by atoms with Crippen LogP contribution in [0.5, 0.6) is 0 Å². The molecule has 1 aromatic carbocycles. The molecule has 0 spiro atoms. The fourth-order valence-corrected chi connectivity index (χ4v) is 4.20. The number of fused-ring (bicyclic) bond motifs is 1. The van der Waals surface area contributed by atoms with E-state index in [4.69, 9.17) is 10.7 Å². The van der Waals surface area contributed by atoms with E-state index in [0.29, 0.717) is 5.41 Å². The third-order valence-electron chi connectivity index (χ3n) is 4.62. The minimum atomic E-state index is 0.244. The highest BCUT2D eigenvalue weighted by Gasteiger charge is 2.33. The van der Waals surface area contributed by atoms with Gasteiger partial charge in [-0.15, -0.1) is 11.3 Å². The lowest BCUT2D eigenvalue weighted by Crippen LogP contribution is -2.42. The highest BCUT2D eigenvalue weighted by atomic mass is 32.1. The molecule has 1 unspecified atom stereocenters. The number of hydrogen-bond donors (Lipinski definition) is 1. The molecule has 3 heteroatoms. The number of thiazole rings is 1. The second-order valence-corrected chi connectivity index (χ2v) is 7.22. The lowest BCUT2D eigenvalue weighted by Gasteiger charge is -2.38. The van der Waals surface area contributed by atoms with Crippen molar-refractivity contribution in [3.8, 4) is 0 Å². The summed E-state index contributed by atoms with van der Waals surface area (Å²) in [5, 5.41) is 1.19. The van der Waals surface area contributed by atoms with Gasteiger partial charge in [-0.05, 0) is 30.4 Å². The Labute approximate surface area is 119 Å². The molecule has 1 heterocycles. The van der Waals surface area contributed by atoms with Crippen LogP contribution in [0.15, 0.2) is 24.3 Å². The van der Waals surface area contributed by atoms with Crippen molar-refractivity contribution in [3.63, 3.8) is 0 Å². The zero-order valence-corrected chi connectivity index (χ0v) is 12.4. The number of nitrogens with two attached hydrogens (primary N) is 1.